The van der Waals surface area contributed by atoms with Gasteiger partial charge in [-0.05, 0) is 37.5 Å². The van der Waals surface area contributed by atoms with Crippen LogP contribution in [-0.4, -0.2) is 68.5 Å². The molecule has 37 heavy (non-hydrogen) atoms. The lowest BCUT2D eigenvalue weighted by Gasteiger charge is -2.37. The first-order valence-electron chi connectivity index (χ1n) is 11.9. The smallest absolute Gasteiger partial charge is 0.280 e. The number of amides is 3. The molecule has 3 aromatic heterocycles. The van der Waals surface area contributed by atoms with Crippen LogP contribution < -0.4 is 10.6 Å². The Morgan fingerprint density at radius 1 is 1.03 bits per heavy atom. The third-order valence-electron chi connectivity index (χ3n) is 6.58. The van der Waals surface area contributed by atoms with E-state index in [1.54, 1.807) is 43.3 Å². The Hall–Kier alpha value is -3.57. The molecule has 0 aliphatic heterocycles. The van der Waals surface area contributed by atoms with Gasteiger partial charge in [-0.1, -0.05) is 17.7 Å². The number of halogens is 1. The predicted molar refractivity (Wildman–Crippen MR) is 142 cm³/mol. The van der Waals surface area contributed by atoms with Crippen LogP contribution in [-0.2, 0) is 11.8 Å². The van der Waals surface area contributed by atoms with Crippen LogP contribution in [0.2, 0.25) is 5.02 Å². The Morgan fingerprint density at radius 2 is 1.81 bits per heavy atom. The summed E-state index contributed by atoms with van der Waals surface area (Å²) in [6, 6.07) is 6.00. The lowest BCUT2D eigenvalue weighted by Crippen LogP contribution is -2.56. The van der Waals surface area contributed by atoms with Crippen LogP contribution in [0.3, 0.4) is 0 Å². The molecule has 1 aliphatic carbocycles. The Morgan fingerprint density at radius 3 is 2.57 bits per heavy atom. The van der Waals surface area contributed by atoms with Gasteiger partial charge in [-0.3, -0.25) is 14.4 Å². The molecule has 192 valence electrons. The Kier molecular flexibility index (Phi) is 6.82. The first-order valence-corrected chi connectivity index (χ1v) is 13.1. The average molecular weight is 540 g/mol. The van der Waals surface area contributed by atoms with Gasteiger partial charge in [0.2, 0.25) is 5.91 Å². The van der Waals surface area contributed by atoms with Crippen molar-refractivity contribution in [2.24, 2.45) is 13.0 Å². The number of thiazole rings is 1. The summed E-state index contributed by atoms with van der Waals surface area (Å²) in [5, 5.41) is 15.8. The topological polar surface area (TPSA) is 122 Å². The first-order chi connectivity index (χ1) is 17.7. The minimum absolute atomic E-state index is 0.00328. The second-order valence-electron chi connectivity index (χ2n) is 9.53. The normalized spacial score (nSPS) is 19.6. The number of hydrogen-bond donors (Lipinski definition) is 2. The predicted octanol–water partition coefficient (Wildman–Crippen LogP) is 3.02. The third kappa shape index (κ3) is 5.28. The summed E-state index contributed by atoms with van der Waals surface area (Å²) in [7, 11) is 5.34. The molecule has 1 aromatic carbocycles. The summed E-state index contributed by atoms with van der Waals surface area (Å²) < 4.78 is 2.81. The van der Waals surface area contributed by atoms with Gasteiger partial charge in [0, 0.05) is 55.9 Å². The summed E-state index contributed by atoms with van der Waals surface area (Å²) in [4.78, 5) is 45.0. The fourth-order valence-electron chi connectivity index (χ4n) is 4.73. The van der Waals surface area contributed by atoms with Crippen LogP contribution >= 0.6 is 22.9 Å². The molecular weight excluding hydrogens is 514 g/mol. The molecule has 3 amide bonds. The van der Waals surface area contributed by atoms with Crippen molar-refractivity contribution in [3.05, 3.63) is 52.4 Å². The van der Waals surface area contributed by atoms with E-state index < -0.39 is 11.9 Å². The minimum atomic E-state index is -0.458. The van der Waals surface area contributed by atoms with Gasteiger partial charge in [0.05, 0.1) is 21.8 Å². The Labute approximate surface area is 222 Å². The number of fused-ring (bicyclic) bond motifs is 2. The Balaban J connectivity index is 1.35. The van der Waals surface area contributed by atoms with Crippen molar-refractivity contribution >= 4 is 61.8 Å². The van der Waals surface area contributed by atoms with Gasteiger partial charge in [-0.15, -0.1) is 21.5 Å². The third-order valence-corrected chi connectivity index (χ3v) is 7.82. The summed E-state index contributed by atoms with van der Waals surface area (Å²) in [6.45, 7) is 0. The van der Waals surface area contributed by atoms with E-state index in [1.165, 1.54) is 11.3 Å². The number of aryl methyl sites for hydroxylation is 1. The van der Waals surface area contributed by atoms with Gasteiger partial charge in [-0.25, -0.2) is 4.98 Å². The van der Waals surface area contributed by atoms with Crippen LogP contribution in [0.15, 0.2) is 36.7 Å². The van der Waals surface area contributed by atoms with E-state index in [2.05, 4.69) is 25.8 Å². The zero-order chi connectivity index (χ0) is 26.3. The zero-order valence-electron chi connectivity index (χ0n) is 20.6. The average Bonchev–Trinajstić information content (AvgIpc) is 3.41. The van der Waals surface area contributed by atoms with Crippen LogP contribution in [0.5, 0.6) is 0 Å². The molecule has 1 fully saturated rings. The Bertz CT molecular complexity index is 1480. The van der Waals surface area contributed by atoms with Gasteiger partial charge < -0.3 is 20.1 Å². The molecular formula is C25H26ClN7O3S. The van der Waals surface area contributed by atoms with E-state index in [4.69, 9.17) is 11.6 Å². The molecule has 0 unspecified atom stereocenters. The summed E-state index contributed by atoms with van der Waals surface area (Å²) in [5.74, 6) is -0.973. The van der Waals surface area contributed by atoms with Crippen LogP contribution in [0.25, 0.3) is 21.1 Å². The maximum absolute atomic E-state index is 13.1. The SMILES string of the molecule is CN(C)C(=O)[C@H]1CC[C@H](NC(=O)c2cc3ccc(Cl)cc3nn2)[C@@H](NC(=O)c2nc3cn(C)cc3s2)C1. The van der Waals surface area contributed by atoms with E-state index in [0.717, 1.165) is 15.6 Å². The van der Waals surface area contributed by atoms with E-state index in [9.17, 15) is 14.4 Å². The monoisotopic (exact) mass is 539 g/mol. The van der Waals surface area contributed by atoms with Crippen molar-refractivity contribution in [2.75, 3.05) is 14.1 Å². The molecule has 3 atom stereocenters. The molecule has 1 aliphatic rings. The zero-order valence-corrected chi connectivity index (χ0v) is 22.1. The molecule has 4 aromatic rings. The summed E-state index contributed by atoms with van der Waals surface area (Å²) in [6.07, 6.45) is 5.30. The molecule has 12 heteroatoms. The maximum Gasteiger partial charge on any atom is 0.280 e. The lowest BCUT2D eigenvalue weighted by molar-refractivity contribution is -0.134. The fourth-order valence-corrected chi connectivity index (χ4v) is 5.82. The summed E-state index contributed by atoms with van der Waals surface area (Å²) >= 11 is 7.32. The number of nitrogens with zero attached hydrogens (tertiary/aromatic N) is 5. The quantitative estimate of drug-likeness (QED) is 0.402. The highest BCUT2D eigenvalue weighted by Crippen LogP contribution is 2.28. The number of nitrogens with one attached hydrogen (secondary N) is 2. The molecule has 2 N–H and O–H groups in total. The van der Waals surface area contributed by atoms with Crippen molar-refractivity contribution in [1.82, 2.24) is 35.3 Å². The number of rotatable bonds is 5. The number of carbonyl (C=O) groups excluding carboxylic acids is 3. The van der Waals surface area contributed by atoms with E-state index in [-0.39, 0.29) is 29.5 Å². The van der Waals surface area contributed by atoms with Crippen molar-refractivity contribution in [2.45, 2.75) is 31.3 Å². The standard InChI is InChI=1S/C25H26ClN7O3S/c1-32(2)25(36)14-5-7-16(27-22(34)19-8-13-4-6-15(26)10-17(13)30-31-19)18(9-14)28-23(35)24-29-20-11-33(3)12-21(20)37-24/h4,6,8,10-12,14,16,18H,5,7,9H2,1-3H3,(H,27,34)(H,28,35)/t14-,16-,18-/m0/s1. The number of benzene rings is 1. The number of hydrogen-bond acceptors (Lipinski definition) is 7. The fraction of sp³-hybridized carbons (Fsp3) is 0.360. The molecule has 5 rings (SSSR count). The first kappa shape index (κ1) is 25.1. The highest BCUT2D eigenvalue weighted by atomic mass is 35.5. The van der Waals surface area contributed by atoms with E-state index in [0.29, 0.717) is 34.8 Å². The molecule has 3 heterocycles. The van der Waals surface area contributed by atoms with Gasteiger partial charge in [0.25, 0.3) is 11.8 Å². The van der Waals surface area contributed by atoms with Gasteiger partial charge in [0.1, 0.15) is 0 Å². The van der Waals surface area contributed by atoms with Crippen LogP contribution in [0.4, 0.5) is 0 Å². The van der Waals surface area contributed by atoms with Gasteiger partial charge >= 0.3 is 0 Å². The number of carbonyl (C=O) groups is 3. The van der Waals surface area contributed by atoms with Crippen LogP contribution in [0.1, 0.15) is 39.6 Å². The lowest BCUT2D eigenvalue weighted by atomic mass is 9.81. The second-order valence-corrected chi connectivity index (χ2v) is 11.0. The largest absolute Gasteiger partial charge is 0.354 e. The maximum atomic E-state index is 13.1. The molecule has 0 saturated heterocycles. The second kappa shape index (κ2) is 10.1. The number of aromatic nitrogens is 4. The van der Waals surface area contributed by atoms with E-state index in [1.807, 2.05) is 24.0 Å². The van der Waals surface area contributed by atoms with Gasteiger partial charge in [0.15, 0.2) is 10.7 Å². The molecule has 10 nitrogen and oxygen atoms in total. The van der Waals surface area contributed by atoms with E-state index >= 15 is 0 Å². The molecule has 1 saturated carbocycles. The van der Waals surface area contributed by atoms with Crippen molar-refractivity contribution < 1.29 is 14.4 Å². The van der Waals surface area contributed by atoms with Crippen molar-refractivity contribution in [1.29, 1.82) is 0 Å². The highest BCUT2D eigenvalue weighted by Gasteiger charge is 2.37. The minimum Gasteiger partial charge on any atom is -0.354 e. The highest BCUT2D eigenvalue weighted by molar-refractivity contribution is 7.20. The van der Waals surface area contributed by atoms with Crippen molar-refractivity contribution in [3.63, 3.8) is 0 Å². The van der Waals surface area contributed by atoms with Crippen LogP contribution in [0, 0.1) is 5.92 Å². The summed E-state index contributed by atoms with van der Waals surface area (Å²) in [5.41, 5.74) is 1.51. The molecule has 0 radical (unpaired) electrons. The molecule has 0 bridgehead atoms. The van der Waals surface area contributed by atoms with Gasteiger partial charge in [-0.2, -0.15) is 0 Å². The van der Waals surface area contributed by atoms with Crippen molar-refractivity contribution in [3.8, 4) is 0 Å². The molecule has 0 spiro atoms.